The summed E-state index contributed by atoms with van der Waals surface area (Å²) in [7, 11) is 0. The van der Waals surface area contributed by atoms with Crippen LogP contribution < -0.4 is 0 Å². The molecule has 0 N–H and O–H groups in total. The van der Waals surface area contributed by atoms with E-state index in [9.17, 15) is 0 Å². The third-order valence-electron chi connectivity index (χ3n) is 9.53. The first-order valence-corrected chi connectivity index (χ1v) is 17.3. The monoisotopic (exact) mass is 641 g/mol. The highest BCUT2D eigenvalue weighted by Crippen LogP contribution is 2.40. The molecule has 2 aromatic heterocycles. The average Bonchev–Trinajstić information content (AvgIpc) is 3.56. The van der Waals surface area contributed by atoms with Gasteiger partial charge in [0.15, 0.2) is 17.5 Å². The van der Waals surface area contributed by atoms with Crippen molar-refractivity contribution in [2.24, 2.45) is 0 Å². The zero-order valence-corrected chi connectivity index (χ0v) is 27.2. The average molecular weight is 642 g/mol. The van der Waals surface area contributed by atoms with Crippen molar-refractivity contribution in [1.82, 2.24) is 15.0 Å². The molecule has 0 unspecified atom stereocenters. The van der Waals surface area contributed by atoms with Crippen molar-refractivity contribution in [1.29, 1.82) is 0 Å². The fourth-order valence-electron chi connectivity index (χ4n) is 7.19. The molecule has 228 valence electrons. The summed E-state index contributed by atoms with van der Waals surface area (Å²) in [6.45, 7) is 0. The van der Waals surface area contributed by atoms with Gasteiger partial charge < -0.3 is 0 Å². The van der Waals surface area contributed by atoms with Crippen LogP contribution in [0, 0.1) is 0 Å². The Balaban J connectivity index is 1.20. The summed E-state index contributed by atoms with van der Waals surface area (Å²) in [5, 5.41) is 9.62. The second-order valence-corrected chi connectivity index (χ2v) is 13.4. The molecule has 0 aliphatic carbocycles. The van der Waals surface area contributed by atoms with Crippen molar-refractivity contribution < 1.29 is 0 Å². The fourth-order valence-corrected chi connectivity index (χ4v) is 8.40. The first-order valence-electron chi connectivity index (χ1n) is 16.4. The molecular weight excluding hydrogens is 615 g/mol. The van der Waals surface area contributed by atoms with Crippen LogP contribution in [0.15, 0.2) is 164 Å². The van der Waals surface area contributed by atoms with Crippen molar-refractivity contribution in [2.75, 3.05) is 0 Å². The zero-order valence-electron chi connectivity index (χ0n) is 26.3. The quantitative estimate of drug-likeness (QED) is 0.180. The fraction of sp³-hybridized carbons (Fsp3) is 0. The van der Waals surface area contributed by atoms with Gasteiger partial charge in [0.05, 0.1) is 0 Å². The van der Waals surface area contributed by atoms with Crippen LogP contribution in [0.5, 0.6) is 0 Å². The van der Waals surface area contributed by atoms with Gasteiger partial charge in [0.25, 0.3) is 0 Å². The Bertz CT molecular complexity index is 2880. The first-order chi connectivity index (χ1) is 24.3. The molecule has 10 rings (SSSR count). The van der Waals surface area contributed by atoms with Crippen molar-refractivity contribution >= 4 is 63.8 Å². The summed E-state index contributed by atoms with van der Waals surface area (Å²) in [6, 6.07) is 58.0. The minimum Gasteiger partial charge on any atom is -0.208 e. The summed E-state index contributed by atoms with van der Waals surface area (Å²) < 4.78 is 2.44. The van der Waals surface area contributed by atoms with Crippen LogP contribution in [-0.4, -0.2) is 15.0 Å². The van der Waals surface area contributed by atoms with E-state index in [1.807, 2.05) is 0 Å². The van der Waals surface area contributed by atoms with E-state index in [2.05, 4.69) is 164 Å². The molecule has 2 heterocycles. The summed E-state index contributed by atoms with van der Waals surface area (Å²) in [5.41, 5.74) is 5.32. The Morgan fingerprint density at radius 1 is 0.327 bits per heavy atom. The number of thiophene rings is 1. The van der Waals surface area contributed by atoms with Gasteiger partial charge in [-0.3, -0.25) is 0 Å². The van der Waals surface area contributed by atoms with E-state index in [1.165, 1.54) is 47.3 Å². The van der Waals surface area contributed by atoms with Crippen molar-refractivity contribution in [2.45, 2.75) is 0 Å². The Hall–Kier alpha value is -6.23. The smallest absolute Gasteiger partial charge is 0.165 e. The molecule has 0 bridgehead atoms. The highest BCUT2D eigenvalue weighted by molar-refractivity contribution is 7.26. The van der Waals surface area contributed by atoms with Crippen LogP contribution in [0.4, 0.5) is 0 Å². The molecule has 0 saturated carbocycles. The predicted molar refractivity (Wildman–Crippen MR) is 207 cm³/mol. The maximum Gasteiger partial charge on any atom is 0.165 e. The maximum atomic E-state index is 5.26. The number of aromatic nitrogens is 3. The molecular formula is C45H27N3S. The minimum absolute atomic E-state index is 0.653. The van der Waals surface area contributed by atoms with Gasteiger partial charge >= 0.3 is 0 Å². The van der Waals surface area contributed by atoms with E-state index in [4.69, 9.17) is 15.0 Å². The number of nitrogens with zero attached hydrogens (tertiary/aromatic N) is 3. The number of hydrogen-bond acceptors (Lipinski definition) is 4. The van der Waals surface area contributed by atoms with Crippen molar-refractivity contribution in [3.05, 3.63) is 164 Å². The molecule has 0 spiro atoms. The van der Waals surface area contributed by atoms with Crippen LogP contribution >= 0.6 is 11.3 Å². The Morgan fingerprint density at radius 3 is 1.69 bits per heavy atom. The first kappa shape index (κ1) is 27.8. The van der Waals surface area contributed by atoms with Crippen LogP contribution in [0.25, 0.3) is 97.8 Å². The molecule has 3 nitrogen and oxygen atoms in total. The Kier molecular flexibility index (Phi) is 6.36. The van der Waals surface area contributed by atoms with E-state index >= 15 is 0 Å². The van der Waals surface area contributed by atoms with Gasteiger partial charge in [-0.15, -0.1) is 11.3 Å². The van der Waals surface area contributed by atoms with Gasteiger partial charge in [-0.05, 0) is 50.2 Å². The standard InChI is InChI=1S/C45H27N3S/c1-3-14-33-28(10-1)12-7-17-34(33)30-23-26-32(27-24-30)43-46-44(38-19-8-13-31-25-22-29-11-2-4-15-35(29)41(31)38)48-45(47-43)39-20-9-18-37-36-16-5-6-21-40(36)49-42(37)39/h1-27H. The molecule has 4 heteroatoms. The van der Waals surface area contributed by atoms with Gasteiger partial charge in [0.1, 0.15) is 0 Å². The Morgan fingerprint density at radius 2 is 0.857 bits per heavy atom. The number of fused-ring (bicyclic) bond motifs is 7. The highest BCUT2D eigenvalue weighted by atomic mass is 32.1. The van der Waals surface area contributed by atoms with Crippen molar-refractivity contribution in [3.8, 4) is 45.3 Å². The SMILES string of the molecule is c1ccc2c(-c3ccc(-c4nc(-c5cccc6c5sc5ccccc56)nc(-c5cccc6ccc7ccccc7c56)n4)cc3)cccc2c1. The van der Waals surface area contributed by atoms with Gasteiger partial charge in [0.2, 0.25) is 0 Å². The number of hydrogen-bond donors (Lipinski definition) is 0. The normalized spacial score (nSPS) is 11.7. The largest absolute Gasteiger partial charge is 0.208 e. The van der Waals surface area contributed by atoms with E-state index < -0.39 is 0 Å². The van der Waals surface area contributed by atoms with Gasteiger partial charge in [-0.1, -0.05) is 152 Å². The molecule has 49 heavy (non-hydrogen) atoms. The van der Waals surface area contributed by atoms with Crippen LogP contribution in [0.3, 0.4) is 0 Å². The number of benzene rings is 8. The maximum absolute atomic E-state index is 5.26. The lowest BCUT2D eigenvalue weighted by Gasteiger charge is -2.13. The molecule has 0 aliphatic rings. The lowest BCUT2D eigenvalue weighted by atomic mass is 9.97. The summed E-state index contributed by atoms with van der Waals surface area (Å²) in [6.07, 6.45) is 0. The highest BCUT2D eigenvalue weighted by Gasteiger charge is 2.18. The van der Waals surface area contributed by atoms with Crippen LogP contribution in [0.1, 0.15) is 0 Å². The van der Waals surface area contributed by atoms with Crippen LogP contribution in [0.2, 0.25) is 0 Å². The molecule has 8 aromatic carbocycles. The van der Waals surface area contributed by atoms with Gasteiger partial charge in [-0.2, -0.15) is 0 Å². The van der Waals surface area contributed by atoms with E-state index in [-0.39, 0.29) is 0 Å². The van der Waals surface area contributed by atoms with Crippen LogP contribution in [-0.2, 0) is 0 Å². The molecule has 0 amide bonds. The van der Waals surface area contributed by atoms with Crippen molar-refractivity contribution in [3.63, 3.8) is 0 Å². The summed E-state index contributed by atoms with van der Waals surface area (Å²) >= 11 is 1.79. The third-order valence-corrected chi connectivity index (χ3v) is 10.8. The van der Waals surface area contributed by atoms with E-state index in [0.717, 1.165) is 33.0 Å². The summed E-state index contributed by atoms with van der Waals surface area (Å²) in [4.78, 5) is 15.7. The molecule has 0 fully saturated rings. The topological polar surface area (TPSA) is 38.7 Å². The molecule has 0 atom stereocenters. The molecule has 0 aliphatic heterocycles. The lowest BCUT2D eigenvalue weighted by molar-refractivity contribution is 1.08. The second kappa shape index (κ2) is 11.2. The van der Waals surface area contributed by atoms with E-state index in [0.29, 0.717) is 17.5 Å². The van der Waals surface area contributed by atoms with Gasteiger partial charge in [-0.25, -0.2) is 15.0 Å². The molecule has 0 saturated heterocycles. The number of rotatable bonds is 4. The Labute approximate surface area is 286 Å². The molecule has 10 aromatic rings. The van der Waals surface area contributed by atoms with E-state index in [1.54, 1.807) is 11.3 Å². The second-order valence-electron chi connectivity index (χ2n) is 12.4. The minimum atomic E-state index is 0.653. The zero-order chi connectivity index (χ0) is 32.3. The lowest BCUT2D eigenvalue weighted by Crippen LogP contribution is -2.01. The third kappa shape index (κ3) is 4.61. The van der Waals surface area contributed by atoms with Gasteiger partial charge in [0, 0.05) is 42.2 Å². The predicted octanol–water partition coefficient (Wildman–Crippen LogP) is 12.4. The molecule has 0 radical (unpaired) electrons. The summed E-state index contributed by atoms with van der Waals surface area (Å²) in [5.74, 6) is 1.99.